The summed E-state index contributed by atoms with van der Waals surface area (Å²) in [5.74, 6) is -0.665. The van der Waals surface area contributed by atoms with E-state index >= 15 is 0 Å². The average molecular weight is 407 g/mol. The number of aromatic nitrogens is 1. The number of ether oxygens (including phenoxy) is 1. The van der Waals surface area contributed by atoms with E-state index < -0.39 is 17.7 Å². The number of carbonyl (C=O) groups is 2. The van der Waals surface area contributed by atoms with E-state index in [1.54, 1.807) is 30.6 Å². The SMILES string of the molecule is CC1Cc2cc(C(O)=C3C(=O)C(=O)N(CCN(C)C)C3c3cccnc3)ccc2O1. The predicted molar refractivity (Wildman–Crippen MR) is 112 cm³/mol. The summed E-state index contributed by atoms with van der Waals surface area (Å²) in [7, 11) is 3.81. The van der Waals surface area contributed by atoms with E-state index in [4.69, 9.17) is 4.74 Å². The van der Waals surface area contributed by atoms with Gasteiger partial charge in [0.15, 0.2) is 0 Å². The van der Waals surface area contributed by atoms with Gasteiger partial charge in [0.1, 0.15) is 17.6 Å². The first-order valence-electron chi connectivity index (χ1n) is 10.00. The molecule has 3 heterocycles. The van der Waals surface area contributed by atoms with Gasteiger partial charge in [0, 0.05) is 37.5 Å². The maximum absolute atomic E-state index is 13.0. The Hall–Kier alpha value is -3.19. The van der Waals surface area contributed by atoms with Crippen molar-refractivity contribution in [2.75, 3.05) is 27.2 Å². The van der Waals surface area contributed by atoms with Crippen LogP contribution >= 0.6 is 0 Å². The van der Waals surface area contributed by atoms with Gasteiger partial charge in [-0.1, -0.05) is 6.07 Å². The molecule has 2 aliphatic rings. The summed E-state index contributed by atoms with van der Waals surface area (Å²) in [5.41, 5.74) is 2.27. The molecule has 0 saturated carbocycles. The largest absolute Gasteiger partial charge is 0.507 e. The number of hydrogen-bond acceptors (Lipinski definition) is 6. The maximum Gasteiger partial charge on any atom is 0.295 e. The Kier molecular flexibility index (Phi) is 5.30. The van der Waals surface area contributed by atoms with E-state index in [1.807, 2.05) is 38.1 Å². The zero-order valence-corrected chi connectivity index (χ0v) is 17.3. The smallest absolute Gasteiger partial charge is 0.295 e. The summed E-state index contributed by atoms with van der Waals surface area (Å²) < 4.78 is 5.73. The molecule has 1 N–H and O–H groups in total. The first-order valence-corrected chi connectivity index (χ1v) is 10.00. The molecule has 0 spiro atoms. The van der Waals surface area contributed by atoms with Gasteiger partial charge in [0.25, 0.3) is 11.7 Å². The van der Waals surface area contributed by atoms with E-state index in [2.05, 4.69) is 4.98 Å². The van der Waals surface area contributed by atoms with Crippen molar-refractivity contribution < 1.29 is 19.4 Å². The molecule has 1 saturated heterocycles. The lowest BCUT2D eigenvalue weighted by atomic mass is 9.95. The van der Waals surface area contributed by atoms with Gasteiger partial charge in [0.05, 0.1) is 11.6 Å². The molecule has 2 aromatic rings. The third-order valence-corrected chi connectivity index (χ3v) is 5.50. The van der Waals surface area contributed by atoms with Crippen LogP contribution < -0.4 is 4.74 Å². The van der Waals surface area contributed by atoms with Crippen molar-refractivity contribution in [1.29, 1.82) is 0 Å². The molecular formula is C23H25N3O4. The number of rotatable bonds is 5. The number of ketones is 1. The number of aliphatic hydroxyl groups excluding tert-OH is 1. The summed E-state index contributed by atoms with van der Waals surface area (Å²) in [6.45, 7) is 2.94. The number of carbonyl (C=O) groups excluding carboxylic acids is 2. The molecule has 4 rings (SSSR count). The zero-order valence-electron chi connectivity index (χ0n) is 17.3. The van der Waals surface area contributed by atoms with Crippen LogP contribution in [0.5, 0.6) is 5.75 Å². The summed E-state index contributed by atoms with van der Waals surface area (Å²) >= 11 is 0. The number of hydrogen-bond donors (Lipinski definition) is 1. The van der Waals surface area contributed by atoms with Crippen molar-refractivity contribution in [3.8, 4) is 5.75 Å². The van der Waals surface area contributed by atoms with Crippen LogP contribution in [0.3, 0.4) is 0 Å². The fourth-order valence-corrected chi connectivity index (χ4v) is 4.03. The van der Waals surface area contributed by atoms with Crippen LogP contribution in [0.1, 0.15) is 29.7 Å². The Morgan fingerprint density at radius 2 is 2.10 bits per heavy atom. The molecule has 156 valence electrons. The van der Waals surface area contributed by atoms with Crippen molar-refractivity contribution in [2.45, 2.75) is 25.5 Å². The lowest BCUT2D eigenvalue weighted by molar-refractivity contribution is -0.140. The van der Waals surface area contributed by atoms with Gasteiger partial charge in [-0.25, -0.2) is 0 Å². The highest BCUT2D eigenvalue weighted by molar-refractivity contribution is 6.46. The molecule has 2 atom stereocenters. The maximum atomic E-state index is 13.0. The van der Waals surface area contributed by atoms with Crippen LogP contribution in [-0.4, -0.2) is 64.9 Å². The van der Waals surface area contributed by atoms with Crippen LogP contribution in [0.25, 0.3) is 5.76 Å². The molecule has 7 heteroatoms. The number of Topliss-reactive ketones (excluding diaryl/α,β-unsaturated/α-hetero) is 1. The Bertz CT molecular complexity index is 1020. The number of aliphatic hydroxyl groups is 1. The van der Waals surface area contributed by atoms with E-state index in [-0.39, 0.29) is 17.4 Å². The average Bonchev–Trinajstić information content (AvgIpc) is 3.22. The van der Waals surface area contributed by atoms with Crippen LogP contribution in [0.15, 0.2) is 48.3 Å². The van der Waals surface area contributed by atoms with Crippen molar-refractivity contribution >= 4 is 17.4 Å². The second kappa shape index (κ2) is 7.91. The molecule has 1 amide bonds. The summed E-state index contributed by atoms with van der Waals surface area (Å²) in [6.07, 6.45) is 4.08. The van der Waals surface area contributed by atoms with Crippen LogP contribution in [0, 0.1) is 0 Å². The number of amides is 1. The Morgan fingerprint density at radius 1 is 1.30 bits per heavy atom. The minimum atomic E-state index is -0.679. The van der Waals surface area contributed by atoms with Crippen molar-refractivity contribution in [1.82, 2.24) is 14.8 Å². The third-order valence-electron chi connectivity index (χ3n) is 5.50. The quantitative estimate of drug-likeness (QED) is 0.466. The third kappa shape index (κ3) is 3.57. The number of nitrogens with zero attached hydrogens (tertiary/aromatic N) is 3. The summed E-state index contributed by atoms with van der Waals surface area (Å²) in [6, 6.07) is 8.26. The second-order valence-electron chi connectivity index (χ2n) is 8.04. The molecule has 0 aliphatic carbocycles. The lowest BCUT2D eigenvalue weighted by Crippen LogP contribution is -2.35. The van der Waals surface area contributed by atoms with E-state index in [0.717, 1.165) is 17.7 Å². The van der Waals surface area contributed by atoms with Gasteiger partial charge < -0.3 is 19.6 Å². The van der Waals surface area contributed by atoms with Crippen molar-refractivity contribution in [3.63, 3.8) is 0 Å². The van der Waals surface area contributed by atoms with Crippen LogP contribution in [0.4, 0.5) is 0 Å². The van der Waals surface area contributed by atoms with Gasteiger partial charge in [0.2, 0.25) is 0 Å². The second-order valence-corrected chi connectivity index (χ2v) is 8.04. The van der Waals surface area contributed by atoms with Gasteiger partial charge in [-0.3, -0.25) is 14.6 Å². The van der Waals surface area contributed by atoms with Crippen LogP contribution in [-0.2, 0) is 16.0 Å². The Labute approximate surface area is 175 Å². The van der Waals surface area contributed by atoms with E-state index in [0.29, 0.717) is 24.2 Å². The molecule has 2 unspecified atom stereocenters. The Balaban J connectivity index is 1.80. The fourth-order valence-electron chi connectivity index (χ4n) is 4.03. The summed E-state index contributed by atoms with van der Waals surface area (Å²) in [5, 5.41) is 11.1. The number of pyridine rings is 1. The van der Waals surface area contributed by atoms with Gasteiger partial charge in [-0.15, -0.1) is 0 Å². The highest BCUT2D eigenvalue weighted by Crippen LogP contribution is 2.40. The first-order chi connectivity index (χ1) is 14.4. The van der Waals surface area contributed by atoms with E-state index in [1.165, 1.54) is 4.90 Å². The molecule has 1 aromatic heterocycles. The first kappa shape index (κ1) is 20.1. The molecule has 1 aromatic carbocycles. The molecule has 30 heavy (non-hydrogen) atoms. The minimum Gasteiger partial charge on any atom is -0.507 e. The highest BCUT2D eigenvalue weighted by atomic mass is 16.5. The van der Waals surface area contributed by atoms with Gasteiger partial charge in [-0.2, -0.15) is 0 Å². The molecular weight excluding hydrogens is 382 g/mol. The van der Waals surface area contributed by atoms with Crippen molar-refractivity contribution in [3.05, 3.63) is 65.0 Å². The number of likely N-dealkylation sites (tertiary alicyclic amines) is 1. The predicted octanol–water partition coefficient (Wildman–Crippen LogP) is 2.39. The molecule has 7 nitrogen and oxygen atoms in total. The molecule has 2 aliphatic heterocycles. The van der Waals surface area contributed by atoms with Gasteiger partial charge >= 0.3 is 0 Å². The van der Waals surface area contributed by atoms with Crippen molar-refractivity contribution in [2.24, 2.45) is 0 Å². The lowest BCUT2D eigenvalue weighted by Gasteiger charge is -2.26. The monoisotopic (exact) mass is 407 g/mol. The van der Waals surface area contributed by atoms with Gasteiger partial charge in [-0.05, 0) is 56.4 Å². The number of likely N-dealkylation sites (N-methyl/N-ethyl adjacent to an activating group) is 1. The number of fused-ring (bicyclic) bond motifs is 1. The topological polar surface area (TPSA) is 83.0 Å². The minimum absolute atomic E-state index is 0.0735. The van der Waals surface area contributed by atoms with Crippen LogP contribution in [0.2, 0.25) is 0 Å². The highest BCUT2D eigenvalue weighted by Gasteiger charge is 2.46. The molecule has 0 bridgehead atoms. The molecule has 1 fully saturated rings. The molecule has 0 radical (unpaired) electrons. The Morgan fingerprint density at radius 3 is 2.80 bits per heavy atom. The zero-order chi connectivity index (χ0) is 21.4. The number of benzene rings is 1. The fraction of sp³-hybridized carbons (Fsp3) is 0.348. The standard InChI is InChI=1S/C23H25N3O4/c1-14-11-17-12-15(6-7-18(17)30-14)21(27)19-20(16-5-4-8-24-13-16)26(10-9-25(2)3)23(29)22(19)28/h4-8,12-14,20,27H,9-11H2,1-3H3. The normalized spacial score (nSPS) is 22.5. The van der Waals surface area contributed by atoms with E-state index in [9.17, 15) is 14.7 Å². The summed E-state index contributed by atoms with van der Waals surface area (Å²) in [4.78, 5) is 33.4.